The Morgan fingerprint density at radius 1 is 1.17 bits per heavy atom. The lowest BCUT2D eigenvalue weighted by Crippen LogP contribution is -2.40. The van der Waals surface area contributed by atoms with Crippen molar-refractivity contribution in [1.29, 1.82) is 0 Å². The molecule has 0 bridgehead atoms. The molecule has 0 radical (unpaired) electrons. The van der Waals surface area contributed by atoms with E-state index >= 15 is 0 Å². The molecule has 0 aliphatic heterocycles. The van der Waals surface area contributed by atoms with Crippen LogP contribution in [0.15, 0.2) is 29.2 Å². The van der Waals surface area contributed by atoms with Crippen molar-refractivity contribution in [1.82, 2.24) is 9.62 Å². The molecule has 0 aromatic heterocycles. The van der Waals surface area contributed by atoms with Gasteiger partial charge in [0.05, 0.1) is 4.90 Å². The number of carbonyl (C=O) groups is 2. The summed E-state index contributed by atoms with van der Waals surface area (Å²) in [6.45, 7) is 5.55. The van der Waals surface area contributed by atoms with E-state index in [1.807, 2.05) is 0 Å². The number of sulfonamides is 1. The van der Waals surface area contributed by atoms with E-state index in [1.54, 1.807) is 27.8 Å². The zero-order valence-corrected chi connectivity index (χ0v) is 15.2. The Morgan fingerprint density at radius 3 is 2.17 bits per heavy atom. The van der Waals surface area contributed by atoms with Crippen molar-refractivity contribution in [2.24, 2.45) is 0 Å². The summed E-state index contributed by atoms with van der Waals surface area (Å²) < 4.78 is 27.0. The zero-order chi connectivity index (χ0) is 18.5. The third kappa shape index (κ3) is 6.29. The van der Waals surface area contributed by atoms with E-state index in [9.17, 15) is 18.0 Å². The highest BCUT2D eigenvalue weighted by atomic mass is 32.2. The maximum absolute atomic E-state index is 12.2. The monoisotopic (exact) mass is 356 g/mol. The van der Waals surface area contributed by atoms with E-state index in [2.05, 4.69) is 4.72 Å². The second kappa shape index (κ2) is 7.76. The minimum Gasteiger partial charge on any atom is -0.481 e. The average Bonchev–Trinajstić information content (AvgIpc) is 2.43. The smallest absolute Gasteiger partial charge is 0.303 e. The molecule has 24 heavy (non-hydrogen) atoms. The largest absolute Gasteiger partial charge is 0.481 e. The summed E-state index contributed by atoms with van der Waals surface area (Å²) >= 11 is 0. The molecule has 0 spiro atoms. The van der Waals surface area contributed by atoms with Crippen LogP contribution < -0.4 is 4.72 Å². The predicted octanol–water partition coefficient (Wildman–Crippen LogP) is 1.70. The zero-order valence-electron chi connectivity index (χ0n) is 14.4. The number of carboxylic acid groups (broad SMARTS) is 1. The summed E-state index contributed by atoms with van der Waals surface area (Å²) in [5.41, 5.74) is -0.250. The number of carbonyl (C=O) groups excluding carboxylic acids is 1. The molecule has 1 amide bonds. The van der Waals surface area contributed by atoms with Crippen LogP contribution in [0.5, 0.6) is 0 Å². The molecule has 0 saturated carbocycles. The van der Waals surface area contributed by atoms with Gasteiger partial charge in [0.1, 0.15) is 0 Å². The molecule has 0 unspecified atom stereocenters. The van der Waals surface area contributed by atoms with Crippen molar-refractivity contribution in [2.45, 2.75) is 44.0 Å². The molecule has 0 aliphatic rings. The van der Waals surface area contributed by atoms with Crippen LogP contribution in [0.25, 0.3) is 0 Å². The minimum absolute atomic E-state index is 0.00667. The first-order valence-electron chi connectivity index (χ1n) is 7.54. The summed E-state index contributed by atoms with van der Waals surface area (Å²) in [7, 11) is -2.07. The lowest BCUT2D eigenvalue weighted by Gasteiger charge is -2.20. The predicted molar refractivity (Wildman–Crippen MR) is 90.3 cm³/mol. The van der Waals surface area contributed by atoms with E-state index in [4.69, 9.17) is 5.11 Å². The second-order valence-electron chi connectivity index (χ2n) is 6.60. The second-order valence-corrected chi connectivity index (χ2v) is 8.29. The van der Waals surface area contributed by atoms with Gasteiger partial charge in [0.2, 0.25) is 10.0 Å². The summed E-state index contributed by atoms with van der Waals surface area (Å²) in [4.78, 5) is 24.2. The van der Waals surface area contributed by atoms with Gasteiger partial charge in [-0.15, -0.1) is 0 Å². The van der Waals surface area contributed by atoms with E-state index in [-0.39, 0.29) is 17.2 Å². The van der Waals surface area contributed by atoms with Crippen LogP contribution in [0.1, 0.15) is 44.0 Å². The van der Waals surface area contributed by atoms with Gasteiger partial charge in [-0.2, -0.15) is 0 Å². The fourth-order valence-corrected chi connectivity index (χ4v) is 3.45. The summed E-state index contributed by atoms with van der Waals surface area (Å²) in [6, 6.07) is 5.67. The number of carboxylic acids is 1. The normalized spacial score (nSPS) is 12.0. The van der Waals surface area contributed by atoms with Crippen molar-refractivity contribution < 1.29 is 23.1 Å². The van der Waals surface area contributed by atoms with Crippen molar-refractivity contribution in [3.63, 3.8) is 0 Å². The van der Waals surface area contributed by atoms with Crippen molar-refractivity contribution >= 4 is 21.9 Å². The average molecular weight is 356 g/mol. The molecule has 1 aromatic carbocycles. The molecule has 0 fully saturated rings. The summed E-state index contributed by atoms with van der Waals surface area (Å²) in [6.07, 6.45) is 0.354. The highest BCUT2D eigenvalue weighted by Crippen LogP contribution is 2.15. The van der Waals surface area contributed by atoms with Gasteiger partial charge in [0.15, 0.2) is 0 Å². The lowest BCUT2D eigenvalue weighted by atomic mass is 10.1. The SMILES string of the molecule is CN(CCCC(=O)O)C(=O)c1ccc(S(=O)(=O)NC(C)(C)C)cc1. The Morgan fingerprint density at radius 2 is 1.71 bits per heavy atom. The van der Waals surface area contributed by atoms with Gasteiger partial charge in [-0.1, -0.05) is 0 Å². The van der Waals surface area contributed by atoms with Crippen molar-refractivity contribution in [3.05, 3.63) is 29.8 Å². The van der Waals surface area contributed by atoms with Gasteiger partial charge in [0.25, 0.3) is 5.91 Å². The van der Waals surface area contributed by atoms with Crippen LogP contribution in [-0.4, -0.2) is 49.4 Å². The molecule has 1 aromatic rings. The third-order valence-corrected chi connectivity index (χ3v) is 4.86. The molecule has 0 aliphatic carbocycles. The van der Waals surface area contributed by atoms with Crippen LogP contribution in [0.2, 0.25) is 0 Å². The Hall–Kier alpha value is -1.93. The third-order valence-electron chi connectivity index (χ3n) is 3.08. The number of aliphatic carboxylic acids is 1. The first-order valence-corrected chi connectivity index (χ1v) is 9.02. The molecular weight excluding hydrogens is 332 g/mol. The molecular formula is C16H24N2O5S. The van der Waals surface area contributed by atoms with Crippen LogP contribution in [0.4, 0.5) is 0 Å². The maximum atomic E-state index is 12.2. The highest BCUT2D eigenvalue weighted by Gasteiger charge is 2.22. The minimum atomic E-state index is -3.64. The quantitative estimate of drug-likeness (QED) is 0.774. The molecule has 0 heterocycles. The van der Waals surface area contributed by atoms with Crippen molar-refractivity contribution in [2.75, 3.05) is 13.6 Å². The molecule has 8 heteroatoms. The lowest BCUT2D eigenvalue weighted by molar-refractivity contribution is -0.137. The summed E-state index contributed by atoms with van der Waals surface area (Å²) in [5, 5.41) is 8.60. The van der Waals surface area contributed by atoms with Gasteiger partial charge in [-0.25, -0.2) is 13.1 Å². The Balaban J connectivity index is 2.80. The fourth-order valence-electron chi connectivity index (χ4n) is 2.03. The van der Waals surface area contributed by atoms with Gasteiger partial charge >= 0.3 is 5.97 Å². The molecule has 134 valence electrons. The molecule has 2 N–H and O–H groups in total. The van der Waals surface area contributed by atoms with E-state index in [0.29, 0.717) is 18.5 Å². The number of hydrogen-bond acceptors (Lipinski definition) is 4. The first-order chi connectivity index (χ1) is 10.9. The number of nitrogens with one attached hydrogen (secondary N) is 1. The Bertz CT molecular complexity index is 690. The number of hydrogen-bond donors (Lipinski definition) is 2. The number of rotatable bonds is 7. The topological polar surface area (TPSA) is 104 Å². The van der Waals surface area contributed by atoms with Gasteiger partial charge in [0, 0.05) is 31.1 Å². The molecule has 0 atom stereocenters. The highest BCUT2D eigenvalue weighted by molar-refractivity contribution is 7.89. The summed E-state index contributed by atoms with van der Waals surface area (Å²) in [5.74, 6) is -1.19. The van der Waals surface area contributed by atoms with Crippen LogP contribution in [0, 0.1) is 0 Å². The van der Waals surface area contributed by atoms with Gasteiger partial charge < -0.3 is 10.0 Å². The van der Waals surface area contributed by atoms with Gasteiger partial charge in [-0.05, 0) is 51.5 Å². The van der Waals surface area contributed by atoms with Crippen LogP contribution in [-0.2, 0) is 14.8 Å². The number of nitrogens with zero attached hydrogens (tertiary/aromatic N) is 1. The first kappa shape index (κ1) is 20.1. The molecule has 1 rings (SSSR count). The van der Waals surface area contributed by atoms with Gasteiger partial charge in [-0.3, -0.25) is 9.59 Å². The fraction of sp³-hybridized carbons (Fsp3) is 0.500. The van der Waals surface area contributed by atoms with Crippen LogP contribution in [0.3, 0.4) is 0 Å². The molecule has 0 saturated heterocycles. The number of benzene rings is 1. The van der Waals surface area contributed by atoms with Crippen molar-refractivity contribution in [3.8, 4) is 0 Å². The van der Waals surface area contributed by atoms with E-state index in [0.717, 1.165) is 0 Å². The van der Waals surface area contributed by atoms with Crippen LogP contribution >= 0.6 is 0 Å². The Kier molecular flexibility index (Phi) is 6.50. The number of amides is 1. The van der Waals surface area contributed by atoms with E-state index in [1.165, 1.54) is 29.2 Å². The maximum Gasteiger partial charge on any atom is 0.303 e. The van der Waals surface area contributed by atoms with E-state index < -0.39 is 21.5 Å². The molecule has 7 nitrogen and oxygen atoms in total. The standard InChI is InChI=1S/C16H24N2O5S/c1-16(2,3)17-24(22,23)13-9-7-12(8-10-13)15(21)18(4)11-5-6-14(19)20/h7-10,17H,5-6,11H2,1-4H3,(H,19,20). The Labute approximate surface area is 142 Å².